The van der Waals surface area contributed by atoms with Crippen LogP contribution < -0.4 is 5.73 Å². The van der Waals surface area contributed by atoms with Crippen LogP contribution in [-0.4, -0.2) is 43.3 Å². The maximum atomic E-state index is 6.02. The fourth-order valence-corrected chi connectivity index (χ4v) is 3.15. The van der Waals surface area contributed by atoms with E-state index >= 15 is 0 Å². The van der Waals surface area contributed by atoms with Crippen molar-refractivity contribution in [2.45, 2.75) is 71.0 Å². The Bertz CT molecular complexity index is 213. The van der Waals surface area contributed by atoms with Gasteiger partial charge >= 0.3 is 0 Å². The van der Waals surface area contributed by atoms with Gasteiger partial charge in [-0.1, -0.05) is 20.8 Å². The van der Waals surface area contributed by atoms with Crippen LogP contribution in [0.3, 0.4) is 0 Å². The Morgan fingerprint density at radius 3 is 2.28 bits per heavy atom. The van der Waals surface area contributed by atoms with Gasteiger partial charge in [0, 0.05) is 25.2 Å². The van der Waals surface area contributed by atoms with Crippen molar-refractivity contribution in [2.75, 3.05) is 20.3 Å². The highest BCUT2D eigenvalue weighted by molar-refractivity contribution is 4.86. The van der Waals surface area contributed by atoms with Gasteiger partial charge in [0.2, 0.25) is 0 Å². The molecule has 1 fully saturated rings. The van der Waals surface area contributed by atoms with E-state index in [-0.39, 0.29) is 0 Å². The number of nitrogens with zero attached hydrogens (tertiary/aromatic N) is 1. The molecule has 0 aromatic heterocycles. The minimum absolute atomic E-state index is 0.435. The van der Waals surface area contributed by atoms with Crippen LogP contribution in [-0.2, 0) is 4.74 Å². The molecule has 2 N–H and O–H groups in total. The lowest BCUT2D eigenvalue weighted by molar-refractivity contribution is 0.0228. The van der Waals surface area contributed by atoms with Gasteiger partial charge in [0.1, 0.15) is 0 Å². The third-order valence-electron chi connectivity index (χ3n) is 4.23. The summed E-state index contributed by atoms with van der Waals surface area (Å²) in [5, 5.41) is 0. The van der Waals surface area contributed by atoms with E-state index in [0.29, 0.717) is 24.0 Å². The van der Waals surface area contributed by atoms with Gasteiger partial charge in [0.25, 0.3) is 0 Å². The third kappa shape index (κ3) is 4.52. The zero-order valence-electron chi connectivity index (χ0n) is 12.7. The van der Waals surface area contributed by atoms with Crippen LogP contribution in [0.1, 0.15) is 52.9 Å². The van der Waals surface area contributed by atoms with Crippen molar-refractivity contribution in [1.29, 1.82) is 0 Å². The summed E-state index contributed by atoms with van der Waals surface area (Å²) in [7, 11) is 1.82. The summed E-state index contributed by atoms with van der Waals surface area (Å²) in [5.41, 5.74) is 6.02. The molecule has 0 saturated heterocycles. The average molecular weight is 256 g/mol. The Hall–Kier alpha value is -0.120. The molecule has 1 atom stereocenters. The maximum absolute atomic E-state index is 6.02. The number of rotatable bonds is 7. The van der Waals surface area contributed by atoms with Crippen LogP contribution in [0, 0.1) is 5.92 Å². The third-order valence-corrected chi connectivity index (χ3v) is 4.23. The number of hydrogen-bond donors (Lipinski definition) is 1. The molecule has 0 aliphatic heterocycles. The molecule has 1 rings (SSSR count). The topological polar surface area (TPSA) is 38.5 Å². The number of nitrogens with two attached hydrogens (primary N) is 1. The molecule has 1 aliphatic carbocycles. The first-order valence-corrected chi connectivity index (χ1v) is 7.60. The molecule has 0 aromatic carbocycles. The summed E-state index contributed by atoms with van der Waals surface area (Å²) in [6, 6.07) is 1.70. The standard InChI is InChI=1S/C15H32N2O/c1-5-10-17(15(11-18-4)12(2)3)14-8-6-13(16)7-9-14/h12-15H,5-11,16H2,1-4H3. The Kier molecular flexibility index (Phi) is 7.20. The first kappa shape index (κ1) is 15.9. The first-order chi connectivity index (χ1) is 8.60. The summed E-state index contributed by atoms with van der Waals surface area (Å²) in [6.07, 6.45) is 6.10. The largest absolute Gasteiger partial charge is 0.383 e. The molecule has 3 nitrogen and oxygen atoms in total. The highest BCUT2D eigenvalue weighted by Crippen LogP contribution is 2.26. The van der Waals surface area contributed by atoms with E-state index in [4.69, 9.17) is 10.5 Å². The van der Waals surface area contributed by atoms with Crippen LogP contribution in [0.5, 0.6) is 0 Å². The van der Waals surface area contributed by atoms with E-state index in [2.05, 4.69) is 25.7 Å². The molecular weight excluding hydrogens is 224 g/mol. The molecule has 0 radical (unpaired) electrons. The lowest BCUT2D eigenvalue weighted by Crippen LogP contribution is -2.50. The second-order valence-electron chi connectivity index (χ2n) is 6.07. The minimum atomic E-state index is 0.435. The summed E-state index contributed by atoms with van der Waals surface area (Å²) < 4.78 is 5.44. The van der Waals surface area contributed by atoms with E-state index in [0.717, 1.165) is 6.61 Å². The van der Waals surface area contributed by atoms with E-state index in [1.807, 2.05) is 7.11 Å². The van der Waals surface area contributed by atoms with E-state index in [9.17, 15) is 0 Å². The molecule has 108 valence electrons. The predicted octanol–water partition coefficient (Wildman–Crippen LogP) is 2.64. The Morgan fingerprint density at radius 2 is 1.83 bits per heavy atom. The highest BCUT2D eigenvalue weighted by Gasteiger charge is 2.30. The normalized spacial score (nSPS) is 26.8. The van der Waals surface area contributed by atoms with Gasteiger partial charge < -0.3 is 10.5 Å². The molecular formula is C15H32N2O. The van der Waals surface area contributed by atoms with Crippen LogP contribution >= 0.6 is 0 Å². The van der Waals surface area contributed by atoms with Crippen LogP contribution in [0.25, 0.3) is 0 Å². The molecule has 18 heavy (non-hydrogen) atoms. The zero-order chi connectivity index (χ0) is 13.5. The summed E-state index contributed by atoms with van der Waals surface area (Å²) >= 11 is 0. The van der Waals surface area contributed by atoms with Gasteiger partial charge in [-0.15, -0.1) is 0 Å². The van der Waals surface area contributed by atoms with Gasteiger partial charge in [-0.3, -0.25) is 4.90 Å². The SMILES string of the molecule is CCCN(C1CCC(N)CC1)C(COC)C(C)C. The number of ether oxygens (including phenoxy) is 1. The smallest absolute Gasteiger partial charge is 0.0620 e. The molecule has 0 amide bonds. The first-order valence-electron chi connectivity index (χ1n) is 7.60. The van der Waals surface area contributed by atoms with Crippen LogP contribution in [0.2, 0.25) is 0 Å². The number of methoxy groups -OCH3 is 1. The maximum Gasteiger partial charge on any atom is 0.0620 e. The lowest BCUT2D eigenvalue weighted by Gasteiger charge is -2.42. The van der Waals surface area contributed by atoms with Crippen molar-refractivity contribution < 1.29 is 4.74 Å². The van der Waals surface area contributed by atoms with E-state index < -0.39 is 0 Å². The van der Waals surface area contributed by atoms with Gasteiger partial charge in [-0.2, -0.15) is 0 Å². The molecule has 1 unspecified atom stereocenters. The van der Waals surface area contributed by atoms with Gasteiger partial charge in [0.05, 0.1) is 6.61 Å². The van der Waals surface area contributed by atoms with Crippen molar-refractivity contribution in [3.8, 4) is 0 Å². The predicted molar refractivity (Wildman–Crippen MR) is 77.7 cm³/mol. The molecule has 1 saturated carbocycles. The number of hydrogen-bond acceptors (Lipinski definition) is 3. The van der Waals surface area contributed by atoms with Crippen molar-refractivity contribution in [2.24, 2.45) is 11.7 Å². The monoisotopic (exact) mass is 256 g/mol. The van der Waals surface area contributed by atoms with Crippen LogP contribution in [0.15, 0.2) is 0 Å². The van der Waals surface area contributed by atoms with Crippen molar-refractivity contribution in [1.82, 2.24) is 4.90 Å². The van der Waals surface area contributed by atoms with Gasteiger partial charge in [0.15, 0.2) is 0 Å². The molecule has 1 aliphatic rings. The van der Waals surface area contributed by atoms with Gasteiger partial charge in [-0.25, -0.2) is 0 Å². The fraction of sp³-hybridized carbons (Fsp3) is 1.00. The summed E-state index contributed by atoms with van der Waals surface area (Å²) in [4.78, 5) is 2.69. The van der Waals surface area contributed by atoms with Crippen molar-refractivity contribution in [3.63, 3.8) is 0 Å². The van der Waals surface area contributed by atoms with Gasteiger partial charge in [-0.05, 0) is 44.6 Å². The quantitative estimate of drug-likeness (QED) is 0.761. The molecule has 0 bridgehead atoms. The zero-order valence-corrected chi connectivity index (χ0v) is 12.7. The van der Waals surface area contributed by atoms with Crippen LogP contribution in [0.4, 0.5) is 0 Å². The average Bonchev–Trinajstić information content (AvgIpc) is 2.34. The molecule has 3 heteroatoms. The fourth-order valence-electron chi connectivity index (χ4n) is 3.15. The summed E-state index contributed by atoms with van der Waals surface area (Å²) in [6.45, 7) is 8.92. The molecule has 0 spiro atoms. The van der Waals surface area contributed by atoms with Crippen molar-refractivity contribution in [3.05, 3.63) is 0 Å². The Labute approximate surface area is 113 Å². The Morgan fingerprint density at radius 1 is 1.22 bits per heavy atom. The molecule has 0 heterocycles. The Balaban J connectivity index is 2.66. The van der Waals surface area contributed by atoms with Crippen molar-refractivity contribution >= 4 is 0 Å². The second kappa shape index (κ2) is 8.13. The summed E-state index contributed by atoms with van der Waals surface area (Å²) in [5.74, 6) is 0.645. The highest BCUT2D eigenvalue weighted by atomic mass is 16.5. The second-order valence-corrected chi connectivity index (χ2v) is 6.07. The lowest BCUT2D eigenvalue weighted by atomic mass is 9.88. The van der Waals surface area contributed by atoms with E-state index in [1.165, 1.54) is 38.6 Å². The minimum Gasteiger partial charge on any atom is -0.383 e. The van der Waals surface area contributed by atoms with E-state index in [1.54, 1.807) is 0 Å². The molecule has 0 aromatic rings.